The van der Waals surface area contributed by atoms with Crippen LogP contribution in [0.15, 0.2) is 12.2 Å². The molecule has 0 aromatic heterocycles. The Morgan fingerprint density at radius 1 is 1.67 bits per heavy atom. The lowest BCUT2D eigenvalue weighted by atomic mass is 10.5. The maximum Gasteiger partial charge on any atom is 0.245 e. The Morgan fingerprint density at radius 2 is 2.22 bits per heavy atom. The lowest BCUT2D eigenvalue weighted by Crippen LogP contribution is -2.18. The minimum atomic E-state index is 0.0226. The molecule has 0 radical (unpaired) electrons. The van der Waals surface area contributed by atoms with Gasteiger partial charge in [0.25, 0.3) is 0 Å². The van der Waals surface area contributed by atoms with E-state index in [0.717, 1.165) is 5.33 Å². The van der Waals surface area contributed by atoms with Crippen LogP contribution in [0.5, 0.6) is 0 Å². The van der Waals surface area contributed by atoms with Crippen molar-refractivity contribution < 1.29 is 4.79 Å². The number of nitrogens with zero attached hydrogens (tertiary/aromatic N) is 1. The van der Waals surface area contributed by atoms with Gasteiger partial charge < -0.3 is 4.90 Å². The van der Waals surface area contributed by atoms with Crippen LogP contribution in [0.3, 0.4) is 0 Å². The third kappa shape index (κ3) is 4.21. The lowest BCUT2D eigenvalue weighted by molar-refractivity contribution is -0.123. The van der Waals surface area contributed by atoms with Gasteiger partial charge in [0.1, 0.15) is 0 Å². The Kier molecular flexibility index (Phi) is 4.40. The van der Waals surface area contributed by atoms with Crippen LogP contribution in [0.25, 0.3) is 0 Å². The molecule has 0 fully saturated rings. The fraction of sp³-hybridized carbons (Fsp3) is 0.500. The molecule has 0 N–H and O–H groups in total. The van der Waals surface area contributed by atoms with E-state index in [-0.39, 0.29) is 5.91 Å². The first-order valence-electron chi connectivity index (χ1n) is 2.62. The summed E-state index contributed by atoms with van der Waals surface area (Å²) in [5, 5.41) is 0.729. The second-order valence-corrected chi connectivity index (χ2v) is 2.44. The van der Waals surface area contributed by atoms with Crippen LogP contribution in [0.4, 0.5) is 0 Å². The van der Waals surface area contributed by atoms with Gasteiger partial charge in [-0.25, -0.2) is 0 Å². The summed E-state index contributed by atoms with van der Waals surface area (Å²) < 4.78 is 0. The van der Waals surface area contributed by atoms with Crippen LogP contribution in [0, 0.1) is 0 Å². The fourth-order valence-corrected chi connectivity index (χ4v) is 0.481. The van der Waals surface area contributed by atoms with Crippen molar-refractivity contribution in [3.63, 3.8) is 0 Å². The Hall–Kier alpha value is -0.310. The van der Waals surface area contributed by atoms with Gasteiger partial charge in [-0.15, -0.1) is 0 Å². The highest BCUT2D eigenvalue weighted by Crippen LogP contribution is 1.84. The molecule has 0 saturated carbocycles. The molecule has 0 aromatic carbocycles. The van der Waals surface area contributed by atoms with Gasteiger partial charge in [0.15, 0.2) is 0 Å². The second kappa shape index (κ2) is 4.56. The van der Waals surface area contributed by atoms with Crippen LogP contribution in [-0.2, 0) is 4.79 Å². The molecule has 3 heteroatoms. The maximum absolute atomic E-state index is 10.7. The molecule has 0 aliphatic heterocycles. The van der Waals surface area contributed by atoms with E-state index in [0.29, 0.717) is 0 Å². The minimum absolute atomic E-state index is 0.0226. The molecule has 0 bridgehead atoms. The molecule has 0 aliphatic rings. The summed E-state index contributed by atoms with van der Waals surface area (Å²) in [5.41, 5.74) is 0. The first-order chi connectivity index (χ1) is 4.18. The van der Waals surface area contributed by atoms with Crippen LogP contribution in [-0.4, -0.2) is 30.2 Å². The van der Waals surface area contributed by atoms with Crippen LogP contribution in [0.2, 0.25) is 0 Å². The second-order valence-electron chi connectivity index (χ2n) is 1.79. The third-order valence-corrected chi connectivity index (χ3v) is 1.16. The maximum atomic E-state index is 10.7. The van der Waals surface area contributed by atoms with E-state index < -0.39 is 0 Å². The topological polar surface area (TPSA) is 20.3 Å². The molecule has 1 amide bonds. The van der Waals surface area contributed by atoms with Gasteiger partial charge in [0.2, 0.25) is 5.91 Å². The summed E-state index contributed by atoms with van der Waals surface area (Å²) in [6, 6.07) is 0. The Labute approximate surface area is 63.7 Å². The van der Waals surface area contributed by atoms with E-state index in [4.69, 9.17) is 0 Å². The van der Waals surface area contributed by atoms with Crippen molar-refractivity contribution in [2.24, 2.45) is 0 Å². The highest BCUT2D eigenvalue weighted by atomic mass is 79.9. The Morgan fingerprint density at radius 3 is 2.56 bits per heavy atom. The minimum Gasteiger partial charge on any atom is -0.345 e. The Balaban J connectivity index is 3.63. The van der Waals surface area contributed by atoms with Crippen LogP contribution < -0.4 is 0 Å². The third-order valence-electron chi connectivity index (χ3n) is 0.790. The zero-order valence-corrected chi connectivity index (χ0v) is 7.18. The number of hydrogen-bond acceptors (Lipinski definition) is 1. The van der Waals surface area contributed by atoms with E-state index in [1.165, 1.54) is 11.0 Å². The van der Waals surface area contributed by atoms with Crippen molar-refractivity contribution in [3.05, 3.63) is 12.2 Å². The quantitative estimate of drug-likeness (QED) is 0.472. The van der Waals surface area contributed by atoms with E-state index in [2.05, 4.69) is 15.9 Å². The van der Waals surface area contributed by atoms with Gasteiger partial charge in [0, 0.05) is 19.4 Å². The number of amides is 1. The summed E-state index contributed by atoms with van der Waals surface area (Å²) in [7, 11) is 3.45. The van der Waals surface area contributed by atoms with E-state index >= 15 is 0 Å². The Bertz CT molecular complexity index is 120. The zero-order valence-electron chi connectivity index (χ0n) is 5.60. The van der Waals surface area contributed by atoms with Gasteiger partial charge in [-0.2, -0.15) is 0 Å². The molecule has 0 unspecified atom stereocenters. The molecule has 0 aromatic rings. The number of hydrogen-bond donors (Lipinski definition) is 0. The molecule has 0 rings (SSSR count). The smallest absolute Gasteiger partial charge is 0.245 e. The first-order valence-corrected chi connectivity index (χ1v) is 3.74. The highest BCUT2D eigenvalue weighted by molar-refractivity contribution is 9.09. The normalized spacial score (nSPS) is 10.1. The average Bonchev–Trinajstić information content (AvgIpc) is 1.82. The predicted octanol–water partition coefficient (Wildman–Crippen LogP) is 1.03. The first kappa shape index (κ1) is 8.69. The average molecular weight is 192 g/mol. The summed E-state index contributed by atoms with van der Waals surface area (Å²) in [4.78, 5) is 12.2. The van der Waals surface area contributed by atoms with Gasteiger partial charge in [-0.05, 0) is 6.08 Å². The van der Waals surface area contributed by atoms with Gasteiger partial charge in [-0.3, -0.25) is 4.79 Å². The van der Waals surface area contributed by atoms with Crippen molar-refractivity contribution in [2.75, 3.05) is 19.4 Å². The monoisotopic (exact) mass is 191 g/mol. The highest BCUT2D eigenvalue weighted by Gasteiger charge is 1.93. The van der Waals surface area contributed by atoms with E-state index in [1.807, 2.05) is 0 Å². The van der Waals surface area contributed by atoms with Gasteiger partial charge in [-0.1, -0.05) is 22.0 Å². The lowest BCUT2D eigenvalue weighted by Gasteiger charge is -2.04. The number of allylic oxidation sites excluding steroid dienone is 1. The van der Waals surface area contributed by atoms with Crippen molar-refractivity contribution in [1.82, 2.24) is 4.90 Å². The molecule has 9 heavy (non-hydrogen) atoms. The summed E-state index contributed by atoms with van der Waals surface area (Å²) in [5.74, 6) is 0.0226. The summed E-state index contributed by atoms with van der Waals surface area (Å²) >= 11 is 3.17. The number of alkyl halides is 1. The summed E-state index contributed by atoms with van der Waals surface area (Å²) in [6.45, 7) is 0. The number of likely N-dealkylation sites (N-methyl/N-ethyl adjacent to an activating group) is 1. The van der Waals surface area contributed by atoms with Crippen molar-refractivity contribution in [2.45, 2.75) is 0 Å². The van der Waals surface area contributed by atoms with Gasteiger partial charge >= 0.3 is 0 Å². The van der Waals surface area contributed by atoms with Gasteiger partial charge in [0.05, 0.1) is 0 Å². The van der Waals surface area contributed by atoms with Crippen LogP contribution >= 0.6 is 15.9 Å². The van der Waals surface area contributed by atoms with E-state index in [1.54, 1.807) is 20.2 Å². The van der Waals surface area contributed by atoms with E-state index in [9.17, 15) is 4.79 Å². The predicted molar refractivity (Wildman–Crippen MR) is 41.6 cm³/mol. The van der Waals surface area contributed by atoms with Crippen molar-refractivity contribution >= 4 is 21.8 Å². The summed E-state index contributed by atoms with van der Waals surface area (Å²) in [6.07, 6.45) is 3.30. The molecule has 0 aliphatic carbocycles. The molecule has 0 atom stereocenters. The van der Waals surface area contributed by atoms with Crippen LogP contribution in [0.1, 0.15) is 0 Å². The number of carbonyl (C=O) groups excluding carboxylic acids is 1. The SMILES string of the molecule is CN(C)C(=O)C=CCBr. The zero-order chi connectivity index (χ0) is 7.28. The standard InChI is InChI=1S/C6H10BrNO/c1-8(2)6(9)4-3-5-7/h3-4H,5H2,1-2H3. The molecular formula is C6H10BrNO. The largest absolute Gasteiger partial charge is 0.345 e. The number of halogens is 1. The molecule has 2 nitrogen and oxygen atoms in total. The molecule has 0 spiro atoms. The van der Waals surface area contributed by atoms with Crippen molar-refractivity contribution in [3.8, 4) is 0 Å². The molecule has 52 valence electrons. The fourth-order valence-electron chi connectivity index (χ4n) is 0.294. The van der Waals surface area contributed by atoms with Crippen molar-refractivity contribution in [1.29, 1.82) is 0 Å². The number of carbonyl (C=O) groups is 1. The molecular weight excluding hydrogens is 182 g/mol. The number of rotatable bonds is 2. The molecule has 0 heterocycles. The molecule has 0 saturated heterocycles.